The third-order valence-electron chi connectivity index (χ3n) is 4.51. The predicted octanol–water partition coefficient (Wildman–Crippen LogP) is -0.103. The highest BCUT2D eigenvalue weighted by Crippen LogP contribution is 2.16. The zero-order valence-electron chi connectivity index (χ0n) is 14.3. The Morgan fingerprint density at radius 2 is 2.24 bits per heavy atom. The number of carbonyl (C=O) groups excluding carboxylic acids is 1. The van der Waals surface area contributed by atoms with Gasteiger partial charge in [-0.05, 0) is 32.0 Å². The van der Waals surface area contributed by atoms with Gasteiger partial charge in [-0.2, -0.15) is 0 Å². The Kier molecular flexibility index (Phi) is 5.33. The van der Waals surface area contributed by atoms with E-state index in [-0.39, 0.29) is 30.0 Å². The summed E-state index contributed by atoms with van der Waals surface area (Å²) < 4.78 is 25.0. The molecule has 25 heavy (non-hydrogen) atoms. The van der Waals surface area contributed by atoms with Gasteiger partial charge in [0.15, 0.2) is 15.5 Å². The average Bonchev–Trinajstić information content (AvgIpc) is 3.15. The van der Waals surface area contributed by atoms with Crippen molar-refractivity contribution in [3.63, 3.8) is 0 Å². The number of nitrogens with one attached hydrogen (secondary N) is 1. The fourth-order valence-electron chi connectivity index (χ4n) is 3.07. The molecule has 0 spiro atoms. The SMILES string of the molecule is CN(CC(=O)NCCCc1nnc2ccccn12)[C@H]1CCS(=O)(=O)C1. The van der Waals surface area contributed by atoms with Crippen LogP contribution in [-0.2, 0) is 21.1 Å². The highest BCUT2D eigenvalue weighted by atomic mass is 32.2. The lowest BCUT2D eigenvalue weighted by atomic mass is 10.2. The Morgan fingerprint density at radius 3 is 3.00 bits per heavy atom. The van der Waals surface area contributed by atoms with Crippen LogP contribution in [0.2, 0.25) is 0 Å². The number of hydrogen-bond acceptors (Lipinski definition) is 6. The molecule has 9 heteroatoms. The molecule has 2 aromatic rings. The number of aryl methyl sites for hydroxylation is 1. The van der Waals surface area contributed by atoms with Crippen LogP contribution in [0.5, 0.6) is 0 Å². The third-order valence-corrected chi connectivity index (χ3v) is 6.26. The van der Waals surface area contributed by atoms with Crippen molar-refractivity contribution in [1.82, 2.24) is 24.8 Å². The molecule has 2 aromatic heterocycles. The first-order valence-electron chi connectivity index (χ1n) is 8.40. The molecular formula is C16H23N5O3S. The highest BCUT2D eigenvalue weighted by Gasteiger charge is 2.31. The van der Waals surface area contributed by atoms with Gasteiger partial charge in [0, 0.05) is 25.2 Å². The van der Waals surface area contributed by atoms with Gasteiger partial charge in [-0.1, -0.05) is 6.07 Å². The van der Waals surface area contributed by atoms with Crippen molar-refractivity contribution in [1.29, 1.82) is 0 Å². The molecule has 1 fully saturated rings. The second-order valence-corrected chi connectivity index (χ2v) is 8.70. The van der Waals surface area contributed by atoms with E-state index in [0.717, 1.165) is 24.3 Å². The lowest BCUT2D eigenvalue weighted by Gasteiger charge is -2.22. The molecule has 8 nitrogen and oxygen atoms in total. The third kappa shape index (κ3) is 4.55. The maximum absolute atomic E-state index is 12.0. The molecule has 1 amide bonds. The Balaban J connectivity index is 1.39. The first kappa shape index (κ1) is 17.8. The fourth-order valence-corrected chi connectivity index (χ4v) is 4.88. The predicted molar refractivity (Wildman–Crippen MR) is 94.0 cm³/mol. The quantitative estimate of drug-likeness (QED) is 0.688. The number of fused-ring (bicyclic) bond motifs is 1. The van der Waals surface area contributed by atoms with Crippen LogP contribution < -0.4 is 5.32 Å². The van der Waals surface area contributed by atoms with Crippen molar-refractivity contribution < 1.29 is 13.2 Å². The number of amides is 1. The van der Waals surface area contributed by atoms with E-state index in [1.54, 1.807) is 7.05 Å². The number of aromatic nitrogens is 3. The van der Waals surface area contributed by atoms with E-state index in [0.29, 0.717) is 13.0 Å². The van der Waals surface area contributed by atoms with Gasteiger partial charge in [-0.25, -0.2) is 8.42 Å². The summed E-state index contributed by atoms with van der Waals surface area (Å²) in [5.74, 6) is 1.16. The van der Waals surface area contributed by atoms with Crippen molar-refractivity contribution in [3.8, 4) is 0 Å². The molecule has 1 aliphatic heterocycles. The molecule has 1 atom stereocenters. The van der Waals surface area contributed by atoms with Crippen molar-refractivity contribution in [2.75, 3.05) is 31.6 Å². The molecule has 3 heterocycles. The van der Waals surface area contributed by atoms with Gasteiger partial charge in [0.05, 0.1) is 18.1 Å². The maximum Gasteiger partial charge on any atom is 0.234 e. The van der Waals surface area contributed by atoms with E-state index in [1.807, 2.05) is 33.7 Å². The molecule has 0 aromatic carbocycles. The van der Waals surface area contributed by atoms with Crippen molar-refractivity contribution in [3.05, 3.63) is 30.2 Å². The Morgan fingerprint density at radius 1 is 1.40 bits per heavy atom. The van der Waals surface area contributed by atoms with Crippen LogP contribution in [0, 0.1) is 0 Å². The number of hydrogen-bond donors (Lipinski definition) is 1. The van der Waals surface area contributed by atoms with E-state index in [2.05, 4.69) is 15.5 Å². The van der Waals surface area contributed by atoms with Gasteiger partial charge in [0.25, 0.3) is 0 Å². The fraction of sp³-hybridized carbons (Fsp3) is 0.562. The molecule has 1 N–H and O–H groups in total. The lowest BCUT2D eigenvalue weighted by molar-refractivity contribution is -0.122. The summed E-state index contributed by atoms with van der Waals surface area (Å²) in [5, 5.41) is 11.1. The van der Waals surface area contributed by atoms with Crippen LogP contribution in [0.4, 0.5) is 0 Å². The molecule has 0 saturated carbocycles. The summed E-state index contributed by atoms with van der Waals surface area (Å²) in [6, 6.07) is 5.69. The van der Waals surface area contributed by atoms with Crippen LogP contribution in [0.15, 0.2) is 24.4 Å². The molecule has 0 unspecified atom stereocenters. The van der Waals surface area contributed by atoms with Crippen LogP contribution in [-0.4, -0.2) is 71.5 Å². The standard InChI is InChI=1S/C16H23N5O3S/c1-20(13-7-10-25(23,24)12-13)11-16(22)17-8-4-6-15-19-18-14-5-2-3-9-21(14)15/h2-3,5,9,13H,4,6-8,10-12H2,1H3,(H,17,22)/t13-/m0/s1. The molecule has 0 radical (unpaired) electrons. The van der Waals surface area contributed by atoms with E-state index < -0.39 is 9.84 Å². The zero-order valence-corrected chi connectivity index (χ0v) is 15.1. The van der Waals surface area contributed by atoms with Gasteiger partial charge in [-0.3, -0.25) is 14.1 Å². The Labute approximate surface area is 147 Å². The van der Waals surface area contributed by atoms with E-state index in [9.17, 15) is 13.2 Å². The average molecular weight is 365 g/mol. The summed E-state index contributed by atoms with van der Waals surface area (Å²) in [5.41, 5.74) is 0.815. The van der Waals surface area contributed by atoms with Gasteiger partial charge < -0.3 is 5.32 Å². The normalized spacial score (nSPS) is 19.5. The maximum atomic E-state index is 12.0. The zero-order chi connectivity index (χ0) is 17.9. The minimum atomic E-state index is -2.93. The second-order valence-electron chi connectivity index (χ2n) is 6.47. The minimum Gasteiger partial charge on any atom is -0.355 e. The minimum absolute atomic E-state index is 0.0573. The number of pyridine rings is 1. The first-order valence-corrected chi connectivity index (χ1v) is 10.2. The second kappa shape index (κ2) is 7.49. The van der Waals surface area contributed by atoms with Gasteiger partial charge in [0.1, 0.15) is 5.82 Å². The largest absolute Gasteiger partial charge is 0.355 e. The van der Waals surface area contributed by atoms with Crippen LogP contribution in [0.1, 0.15) is 18.7 Å². The molecule has 3 rings (SSSR count). The van der Waals surface area contributed by atoms with Crippen molar-refractivity contribution in [2.45, 2.75) is 25.3 Å². The number of carbonyl (C=O) groups is 1. The van der Waals surface area contributed by atoms with Gasteiger partial charge in [-0.15, -0.1) is 10.2 Å². The van der Waals surface area contributed by atoms with Crippen molar-refractivity contribution in [2.24, 2.45) is 0 Å². The van der Waals surface area contributed by atoms with E-state index in [1.165, 1.54) is 0 Å². The smallest absolute Gasteiger partial charge is 0.234 e. The molecule has 0 aliphatic carbocycles. The van der Waals surface area contributed by atoms with Gasteiger partial charge >= 0.3 is 0 Å². The first-order chi connectivity index (χ1) is 11.9. The van der Waals surface area contributed by atoms with Crippen LogP contribution in [0.25, 0.3) is 5.65 Å². The number of nitrogens with zero attached hydrogens (tertiary/aromatic N) is 4. The molecule has 0 bridgehead atoms. The lowest BCUT2D eigenvalue weighted by Crippen LogP contribution is -2.41. The number of rotatable bonds is 7. The topological polar surface area (TPSA) is 96.7 Å². The van der Waals surface area contributed by atoms with Crippen LogP contribution in [0.3, 0.4) is 0 Å². The van der Waals surface area contributed by atoms with Gasteiger partial charge in [0.2, 0.25) is 5.91 Å². The molecule has 1 saturated heterocycles. The van der Waals surface area contributed by atoms with E-state index in [4.69, 9.17) is 0 Å². The molecular weight excluding hydrogens is 342 g/mol. The summed E-state index contributed by atoms with van der Waals surface area (Å²) in [4.78, 5) is 13.8. The Bertz CT molecular complexity index is 848. The Hall–Kier alpha value is -2.00. The monoisotopic (exact) mass is 365 g/mol. The summed E-state index contributed by atoms with van der Waals surface area (Å²) in [6.45, 7) is 0.769. The van der Waals surface area contributed by atoms with E-state index >= 15 is 0 Å². The molecule has 136 valence electrons. The summed E-state index contributed by atoms with van der Waals surface area (Å²) in [7, 11) is -1.13. The summed E-state index contributed by atoms with van der Waals surface area (Å²) >= 11 is 0. The number of sulfone groups is 1. The summed E-state index contributed by atoms with van der Waals surface area (Å²) in [6.07, 6.45) is 4.02. The van der Waals surface area contributed by atoms with Crippen molar-refractivity contribution >= 4 is 21.4 Å². The molecule has 1 aliphatic rings. The van der Waals surface area contributed by atoms with Crippen LogP contribution >= 0.6 is 0 Å². The highest BCUT2D eigenvalue weighted by molar-refractivity contribution is 7.91. The number of likely N-dealkylation sites (N-methyl/N-ethyl adjacent to an activating group) is 1.